The lowest BCUT2D eigenvalue weighted by Crippen LogP contribution is -2.21. The van der Waals surface area contributed by atoms with E-state index in [1.54, 1.807) is 18.3 Å². The number of rotatable bonds is 5. The Morgan fingerprint density at radius 3 is 2.52 bits per heavy atom. The van der Waals surface area contributed by atoms with E-state index in [0.717, 1.165) is 17.9 Å². The molecule has 2 rings (SSSR count). The summed E-state index contributed by atoms with van der Waals surface area (Å²) in [6.07, 6.45) is 1.64. The van der Waals surface area contributed by atoms with Gasteiger partial charge in [-0.1, -0.05) is 26.0 Å². The minimum atomic E-state index is -0.117. The number of carbonyl (C=O) groups excluding carboxylic acids is 1. The second-order valence-electron chi connectivity index (χ2n) is 5.37. The number of nitrogens with one attached hydrogen (secondary N) is 2. The van der Waals surface area contributed by atoms with Gasteiger partial charge in [0.15, 0.2) is 0 Å². The zero-order valence-electron chi connectivity index (χ0n) is 12.7. The van der Waals surface area contributed by atoms with Crippen LogP contribution < -0.4 is 10.6 Å². The fourth-order valence-electron chi connectivity index (χ4n) is 1.92. The molecule has 0 aliphatic rings. The molecular weight excluding hydrogens is 262 g/mol. The predicted molar refractivity (Wildman–Crippen MR) is 85.3 cm³/mol. The van der Waals surface area contributed by atoms with Crippen LogP contribution in [0.1, 0.15) is 35.5 Å². The molecule has 1 amide bonds. The minimum Gasteiger partial charge on any atom is -0.322 e. The van der Waals surface area contributed by atoms with Crippen LogP contribution >= 0.6 is 0 Å². The summed E-state index contributed by atoms with van der Waals surface area (Å²) < 4.78 is 0. The van der Waals surface area contributed by atoms with Crippen LogP contribution in [0.15, 0.2) is 42.6 Å². The van der Waals surface area contributed by atoms with Gasteiger partial charge in [-0.25, -0.2) is 0 Å². The van der Waals surface area contributed by atoms with E-state index in [0.29, 0.717) is 11.6 Å². The maximum atomic E-state index is 12.1. The number of benzene rings is 1. The van der Waals surface area contributed by atoms with Crippen LogP contribution in [0.25, 0.3) is 0 Å². The Labute approximate surface area is 125 Å². The first kappa shape index (κ1) is 15.2. The Morgan fingerprint density at radius 1 is 1.19 bits per heavy atom. The van der Waals surface area contributed by atoms with Gasteiger partial charge in [0.2, 0.25) is 0 Å². The molecule has 4 nitrogen and oxygen atoms in total. The minimum absolute atomic E-state index is 0.117. The van der Waals surface area contributed by atoms with Crippen molar-refractivity contribution >= 4 is 11.6 Å². The Kier molecular flexibility index (Phi) is 5.06. The first-order valence-electron chi connectivity index (χ1n) is 7.11. The topological polar surface area (TPSA) is 54.0 Å². The van der Waals surface area contributed by atoms with Crippen molar-refractivity contribution < 1.29 is 4.79 Å². The van der Waals surface area contributed by atoms with Gasteiger partial charge in [-0.15, -0.1) is 0 Å². The number of hydrogen-bond acceptors (Lipinski definition) is 3. The van der Waals surface area contributed by atoms with Crippen LogP contribution in [0.3, 0.4) is 0 Å². The van der Waals surface area contributed by atoms with Crippen LogP contribution in [-0.4, -0.2) is 16.9 Å². The monoisotopic (exact) mass is 283 g/mol. The molecule has 0 bridgehead atoms. The number of aryl methyl sites for hydroxylation is 1. The van der Waals surface area contributed by atoms with Gasteiger partial charge in [0.05, 0.1) is 0 Å². The van der Waals surface area contributed by atoms with Gasteiger partial charge in [-0.2, -0.15) is 0 Å². The average Bonchev–Trinajstić information content (AvgIpc) is 2.46. The van der Waals surface area contributed by atoms with Gasteiger partial charge in [-0.05, 0) is 36.8 Å². The van der Waals surface area contributed by atoms with Crippen LogP contribution in [0, 0.1) is 6.92 Å². The van der Waals surface area contributed by atoms with Crippen molar-refractivity contribution in [2.75, 3.05) is 5.32 Å². The number of hydrogen-bond donors (Lipinski definition) is 2. The number of nitrogens with zero attached hydrogens (tertiary/aromatic N) is 1. The fraction of sp³-hybridized carbons (Fsp3) is 0.294. The summed E-state index contributed by atoms with van der Waals surface area (Å²) in [7, 11) is 0. The van der Waals surface area contributed by atoms with Crippen molar-refractivity contribution in [3.8, 4) is 0 Å². The summed E-state index contributed by atoms with van der Waals surface area (Å²) in [4.78, 5) is 16.2. The fourth-order valence-corrected chi connectivity index (χ4v) is 1.92. The van der Waals surface area contributed by atoms with E-state index in [2.05, 4.69) is 29.5 Å². The molecule has 0 atom stereocenters. The highest BCUT2D eigenvalue weighted by atomic mass is 16.1. The molecule has 0 saturated heterocycles. The third-order valence-electron chi connectivity index (χ3n) is 3.09. The molecule has 0 spiro atoms. The maximum Gasteiger partial charge on any atom is 0.255 e. The van der Waals surface area contributed by atoms with E-state index in [9.17, 15) is 4.79 Å². The van der Waals surface area contributed by atoms with E-state index in [1.807, 2.05) is 31.2 Å². The third-order valence-corrected chi connectivity index (χ3v) is 3.09. The number of aromatic nitrogens is 1. The van der Waals surface area contributed by atoms with Crippen molar-refractivity contribution in [2.45, 2.75) is 33.4 Å². The zero-order valence-corrected chi connectivity index (χ0v) is 12.7. The lowest BCUT2D eigenvalue weighted by Gasteiger charge is -2.09. The predicted octanol–water partition coefficient (Wildman–Crippen LogP) is 3.14. The molecule has 21 heavy (non-hydrogen) atoms. The quantitative estimate of drug-likeness (QED) is 0.886. The summed E-state index contributed by atoms with van der Waals surface area (Å²) in [5.41, 5.74) is 3.44. The lowest BCUT2D eigenvalue weighted by molar-refractivity contribution is 0.102. The van der Waals surface area contributed by atoms with Gasteiger partial charge in [0, 0.05) is 35.7 Å². The van der Waals surface area contributed by atoms with E-state index in [4.69, 9.17) is 0 Å². The molecule has 1 aromatic heterocycles. The molecular formula is C17H21N3O. The smallest absolute Gasteiger partial charge is 0.255 e. The van der Waals surface area contributed by atoms with E-state index in [1.165, 1.54) is 5.56 Å². The van der Waals surface area contributed by atoms with Crippen molar-refractivity contribution in [1.29, 1.82) is 0 Å². The molecule has 110 valence electrons. The highest BCUT2D eigenvalue weighted by molar-refractivity contribution is 6.04. The molecule has 0 unspecified atom stereocenters. The standard InChI is InChI=1S/C17H21N3O/c1-12(2)19-11-14-4-6-16(7-5-14)20-17(21)15-8-9-18-13(3)10-15/h4-10,12,19H,11H2,1-3H3,(H,20,21). The summed E-state index contributed by atoms with van der Waals surface area (Å²) >= 11 is 0. The number of anilines is 1. The Balaban J connectivity index is 1.98. The van der Waals surface area contributed by atoms with E-state index < -0.39 is 0 Å². The van der Waals surface area contributed by atoms with Gasteiger partial charge >= 0.3 is 0 Å². The molecule has 2 aromatic rings. The highest BCUT2D eigenvalue weighted by Crippen LogP contribution is 2.12. The van der Waals surface area contributed by atoms with Crippen LogP contribution in [0.4, 0.5) is 5.69 Å². The second kappa shape index (κ2) is 6.99. The number of carbonyl (C=O) groups is 1. The Morgan fingerprint density at radius 2 is 1.90 bits per heavy atom. The molecule has 1 heterocycles. The maximum absolute atomic E-state index is 12.1. The Hall–Kier alpha value is -2.20. The van der Waals surface area contributed by atoms with Gasteiger partial charge in [-0.3, -0.25) is 9.78 Å². The lowest BCUT2D eigenvalue weighted by atomic mass is 10.2. The SMILES string of the molecule is Cc1cc(C(=O)Nc2ccc(CNC(C)C)cc2)ccn1. The molecule has 0 saturated carbocycles. The summed E-state index contributed by atoms with van der Waals surface area (Å²) in [5.74, 6) is -0.117. The van der Waals surface area contributed by atoms with Crippen molar-refractivity contribution in [1.82, 2.24) is 10.3 Å². The molecule has 0 radical (unpaired) electrons. The van der Waals surface area contributed by atoms with Crippen molar-refractivity contribution in [2.24, 2.45) is 0 Å². The number of amides is 1. The molecule has 0 fully saturated rings. The molecule has 0 aliphatic carbocycles. The third kappa shape index (κ3) is 4.68. The van der Waals surface area contributed by atoms with Crippen LogP contribution in [0.5, 0.6) is 0 Å². The van der Waals surface area contributed by atoms with E-state index in [-0.39, 0.29) is 5.91 Å². The van der Waals surface area contributed by atoms with Crippen LogP contribution in [-0.2, 0) is 6.54 Å². The highest BCUT2D eigenvalue weighted by Gasteiger charge is 2.06. The average molecular weight is 283 g/mol. The van der Waals surface area contributed by atoms with Gasteiger partial charge in [0.1, 0.15) is 0 Å². The Bertz CT molecular complexity index is 606. The molecule has 4 heteroatoms. The molecule has 1 aromatic carbocycles. The van der Waals surface area contributed by atoms with E-state index >= 15 is 0 Å². The second-order valence-corrected chi connectivity index (χ2v) is 5.37. The largest absolute Gasteiger partial charge is 0.322 e. The number of pyridine rings is 1. The summed E-state index contributed by atoms with van der Waals surface area (Å²) in [5, 5.41) is 6.25. The van der Waals surface area contributed by atoms with Crippen molar-refractivity contribution in [3.05, 3.63) is 59.4 Å². The first-order chi connectivity index (χ1) is 10.0. The molecule has 2 N–H and O–H groups in total. The van der Waals surface area contributed by atoms with Crippen molar-refractivity contribution in [3.63, 3.8) is 0 Å². The first-order valence-corrected chi connectivity index (χ1v) is 7.11. The molecule has 0 aliphatic heterocycles. The summed E-state index contributed by atoms with van der Waals surface area (Å²) in [6.45, 7) is 6.93. The zero-order chi connectivity index (χ0) is 15.2. The summed E-state index contributed by atoms with van der Waals surface area (Å²) in [6, 6.07) is 11.8. The van der Waals surface area contributed by atoms with Gasteiger partial charge in [0.25, 0.3) is 5.91 Å². The van der Waals surface area contributed by atoms with Crippen LogP contribution in [0.2, 0.25) is 0 Å². The normalized spacial score (nSPS) is 10.7. The van der Waals surface area contributed by atoms with Gasteiger partial charge < -0.3 is 10.6 Å².